The summed E-state index contributed by atoms with van der Waals surface area (Å²) >= 11 is 0. The number of carbonyl (C=O) groups is 1. The molecule has 2 aromatic carbocycles. The molecule has 0 saturated carbocycles. The van der Waals surface area contributed by atoms with E-state index in [0.717, 1.165) is 22.5 Å². The fourth-order valence-electron chi connectivity index (χ4n) is 2.75. The first-order valence-electron chi connectivity index (χ1n) is 8.67. The summed E-state index contributed by atoms with van der Waals surface area (Å²) in [7, 11) is 1.62. The van der Waals surface area contributed by atoms with Gasteiger partial charge in [0.1, 0.15) is 22.5 Å². The molecule has 2 heterocycles. The lowest BCUT2D eigenvalue weighted by Crippen LogP contribution is -2.08. The van der Waals surface area contributed by atoms with E-state index in [1.165, 1.54) is 6.08 Å². The zero-order valence-electron chi connectivity index (χ0n) is 15.4. The van der Waals surface area contributed by atoms with Crippen molar-refractivity contribution < 1.29 is 13.9 Å². The predicted molar refractivity (Wildman–Crippen MR) is 107 cm³/mol. The highest BCUT2D eigenvalue weighted by Gasteiger charge is 2.10. The smallest absolute Gasteiger partial charge is 0.248 e. The van der Waals surface area contributed by atoms with Crippen LogP contribution < -0.4 is 10.1 Å². The van der Waals surface area contributed by atoms with E-state index < -0.39 is 0 Å². The summed E-state index contributed by atoms with van der Waals surface area (Å²) in [5, 5.41) is 11.9. The van der Waals surface area contributed by atoms with Crippen LogP contribution in [0.2, 0.25) is 0 Å². The van der Waals surface area contributed by atoms with E-state index in [4.69, 9.17) is 9.15 Å². The Labute approximate surface area is 161 Å². The number of methoxy groups -OCH3 is 1. The van der Waals surface area contributed by atoms with Crippen molar-refractivity contribution in [1.29, 1.82) is 0 Å². The van der Waals surface area contributed by atoms with Gasteiger partial charge in [-0.3, -0.25) is 4.79 Å². The number of carbonyl (C=O) groups excluding carboxylic acids is 1. The Morgan fingerprint density at radius 2 is 1.89 bits per heavy atom. The van der Waals surface area contributed by atoms with Crippen LogP contribution >= 0.6 is 0 Å². The van der Waals surface area contributed by atoms with E-state index in [1.54, 1.807) is 36.4 Å². The highest BCUT2D eigenvalue weighted by atomic mass is 16.5. The molecular weight excluding hydrogens is 356 g/mol. The summed E-state index contributed by atoms with van der Waals surface area (Å²) in [6.45, 7) is 1.91. The van der Waals surface area contributed by atoms with Gasteiger partial charge in [-0.05, 0) is 67.1 Å². The topological polar surface area (TPSA) is 82.2 Å². The summed E-state index contributed by atoms with van der Waals surface area (Å²) in [6.07, 6.45) is 4.60. The van der Waals surface area contributed by atoms with Gasteiger partial charge in [0, 0.05) is 11.8 Å². The van der Waals surface area contributed by atoms with Crippen molar-refractivity contribution in [2.75, 3.05) is 12.4 Å². The van der Waals surface area contributed by atoms with Crippen LogP contribution in [0.4, 0.5) is 5.69 Å². The van der Waals surface area contributed by atoms with E-state index in [-0.39, 0.29) is 5.91 Å². The Morgan fingerprint density at radius 1 is 1.14 bits per heavy atom. The van der Waals surface area contributed by atoms with Crippen LogP contribution in [-0.2, 0) is 4.79 Å². The number of nitrogens with zero attached hydrogens (tertiary/aromatic N) is 3. The van der Waals surface area contributed by atoms with Crippen LogP contribution in [0.15, 0.2) is 65.3 Å². The average Bonchev–Trinajstić information content (AvgIpc) is 3.36. The van der Waals surface area contributed by atoms with Crippen molar-refractivity contribution in [1.82, 2.24) is 15.0 Å². The molecule has 7 nitrogen and oxygen atoms in total. The minimum atomic E-state index is -0.249. The summed E-state index contributed by atoms with van der Waals surface area (Å²) < 4.78 is 10.4. The fourth-order valence-corrected chi connectivity index (χ4v) is 2.75. The molecule has 0 aliphatic heterocycles. The number of rotatable bonds is 5. The number of ether oxygens (including phenoxy) is 1. The van der Waals surface area contributed by atoms with Crippen LogP contribution in [0.25, 0.3) is 22.8 Å². The van der Waals surface area contributed by atoms with Crippen molar-refractivity contribution in [3.8, 4) is 11.4 Å². The number of hydrogen-bond acceptors (Lipinski definition) is 5. The molecule has 2 aromatic heterocycles. The first-order chi connectivity index (χ1) is 13.6. The van der Waals surface area contributed by atoms with Crippen LogP contribution in [0.1, 0.15) is 11.3 Å². The van der Waals surface area contributed by atoms with Gasteiger partial charge in [0.05, 0.1) is 19.1 Å². The molecule has 7 heteroatoms. The number of nitrogens with one attached hydrogen (secondary N) is 1. The summed E-state index contributed by atoms with van der Waals surface area (Å²) in [5.74, 6) is 1.13. The molecule has 140 valence electrons. The molecule has 0 aliphatic rings. The maximum absolute atomic E-state index is 12.2. The Bertz CT molecular complexity index is 1140. The van der Waals surface area contributed by atoms with Crippen LogP contribution in [0.5, 0.6) is 5.75 Å². The monoisotopic (exact) mass is 374 g/mol. The summed E-state index contributed by atoms with van der Waals surface area (Å²) in [4.78, 5) is 13.8. The van der Waals surface area contributed by atoms with Crippen molar-refractivity contribution in [2.45, 2.75) is 6.92 Å². The molecule has 0 radical (unpaired) electrons. The second kappa shape index (κ2) is 7.40. The lowest BCUT2D eigenvalue weighted by molar-refractivity contribution is -0.111. The first-order valence-corrected chi connectivity index (χ1v) is 8.67. The Hall–Kier alpha value is -3.87. The molecule has 1 N–H and O–H groups in total. The van der Waals surface area contributed by atoms with Gasteiger partial charge in [-0.25, -0.2) is 0 Å². The predicted octanol–water partition coefficient (Wildman–Crippen LogP) is 3.98. The second-order valence-electron chi connectivity index (χ2n) is 6.18. The van der Waals surface area contributed by atoms with Gasteiger partial charge in [-0.1, -0.05) is 0 Å². The van der Waals surface area contributed by atoms with E-state index in [9.17, 15) is 4.79 Å². The number of aromatic nitrogens is 3. The largest absolute Gasteiger partial charge is 0.497 e. The Balaban J connectivity index is 1.58. The molecule has 0 atom stereocenters. The zero-order chi connectivity index (χ0) is 19.5. The second-order valence-corrected chi connectivity index (χ2v) is 6.18. The van der Waals surface area contributed by atoms with Gasteiger partial charge in [-0.2, -0.15) is 4.80 Å². The third-order valence-electron chi connectivity index (χ3n) is 4.23. The molecule has 28 heavy (non-hydrogen) atoms. The highest BCUT2D eigenvalue weighted by Crippen LogP contribution is 2.23. The van der Waals surface area contributed by atoms with Gasteiger partial charge in [0.25, 0.3) is 0 Å². The molecule has 0 aliphatic carbocycles. The average molecular weight is 374 g/mol. The quantitative estimate of drug-likeness (QED) is 0.534. The van der Waals surface area contributed by atoms with Gasteiger partial charge in [0.15, 0.2) is 0 Å². The van der Waals surface area contributed by atoms with Gasteiger partial charge < -0.3 is 14.5 Å². The van der Waals surface area contributed by atoms with Gasteiger partial charge >= 0.3 is 0 Å². The van der Waals surface area contributed by atoms with E-state index in [2.05, 4.69) is 15.5 Å². The minimum Gasteiger partial charge on any atom is -0.497 e. The number of fused-ring (bicyclic) bond motifs is 1. The number of benzene rings is 2. The van der Waals surface area contributed by atoms with E-state index in [1.807, 2.05) is 43.3 Å². The minimum absolute atomic E-state index is 0.249. The summed E-state index contributed by atoms with van der Waals surface area (Å²) in [5.41, 5.74) is 3.84. The third-order valence-corrected chi connectivity index (χ3v) is 4.23. The van der Waals surface area contributed by atoms with Gasteiger partial charge in [-0.15, -0.1) is 10.2 Å². The normalized spacial score (nSPS) is 11.2. The van der Waals surface area contributed by atoms with Crippen molar-refractivity contribution in [2.24, 2.45) is 0 Å². The molecule has 0 unspecified atom stereocenters. The van der Waals surface area contributed by atoms with Crippen LogP contribution in [-0.4, -0.2) is 28.0 Å². The molecular formula is C21H18N4O3. The SMILES string of the molecule is COc1ccc(-n2nc3cc(C)c(NC(=O)C=Cc4ccco4)cc3n2)cc1. The maximum atomic E-state index is 12.2. The molecule has 0 bridgehead atoms. The molecule has 0 fully saturated rings. The molecule has 0 saturated heterocycles. The molecule has 4 rings (SSSR count). The van der Waals surface area contributed by atoms with E-state index >= 15 is 0 Å². The van der Waals surface area contributed by atoms with Crippen molar-refractivity contribution in [3.05, 3.63) is 72.2 Å². The number of anilines is 1. The Kier molecular flexibility index (Phi) is 4.63. The van der Waals surface area contributed by atoms with Crippen LogP contribution in [0, 0.1) is 6.92 Å². The molecule has 0 spiro atoms. The number of hydrogen-bond donors (Lipinski definition) is 1. The molecule has 1 amide bonds. The van der Waals surface area contributed by atoms with Crippen molar-refractivity contribution in [3.63, 3.8) is 0 Å². The number of aryl methyl sites for hydroxylation is 1. The highest BCUT2D eigenvalue weighted by molar-refractivity contribution is 6.03. The van der Waals surface area contributed by atoms with Gasteiger partial charge in [0.2, 0.25) is 5.91 Å². The number of furan rings is 1. The fraction of sp³-hybridized carbons (Fsp3) is 0.0952. The first kappa shape index (κ1) is 17.5. The van der Waals surface area contributed by atoms with E-state index in [0.29, 0.717) is 17.0 Å². The lowest BCUT2D eigenvalue weighted by atomic mass is 10.1. The van der Waals surface area contributed by atoms with Crippen molar-refractivity contribution >= 4 is 28.7 Å². The standard InChI is InChI=1S/C21H18N4O3/c1-14-12-19-20(24-25(23-19)15-5-7-16(27-2)8-6-15)13-18(14)22-21(26)10-9-17-4-3-11-28-17/h3-13H,1-2H3,(H,22,26). The maximum Gasteiger partial charge on any atom is 0.248 e. The third kappa shape index (κ3) is 3.64. The Morgan fingerprint density at radius 3 is 2.57 bits per heavy atom. The lowest BCUT2D eigenvalue weighted by Gasteiger charge is -2.05. The zero-order valence-corrected chi connectivity index (χ0v) is 15.4. The summed E-state index contributed by atoms with van der Waals surface area (Å²) in [6, 6.07) is 14.7. The number of amides is 1. The van der Waals surface area contributed by atoms with Crippen LogP contribution in [0.3, 0.4) is 0 Å². The molecule has 4 aromatic rings.